The Bertz CT molecular complexity index is 693. The van der Waals surface area contributed by atoms with Gasteiger partial charge in [0.1, 0.15) is 5.75 Å². The third-order valence-electron chi connectivity index (χ3n) is 6.68. The number of unbranched alkanes of at least 4 members (excludes halogenated alkanes) is 10. The van der Waals surface area contributed by atoms with Crippen LogP contribution in [-0.4, -0.2) is 24.4 Å². The molecule has 0 aromatic heterocycles. The van der Waals surface area contributed by atoms with Crippen LogP contribution >= 0.6 is 0 Å². The van der Waals surface area contributed by atoms with Gasteiger partial charge in [-0.05, 0) is 53.2 Å². The van der Waals surface area contributed by atoms with Crippen LogP contribution in [0, 0.1) is 0 Å². The maximum Gasteiger partial charge on any atom is 0.407 e. The molecule has 4 heteroatoms. The average Bonchev–Trinajstić information content (AvgIpc) is 2.76. The number of nitrogens with one attached hydrogen (secondary N) is 1. The number of phenolic OH excluding ortho intramolecular Hbond substituents is 1. The number of amides is 1. The molecule has 0 saturated carbocycles. The summed E-state index contributed by atoms with van der Waals surface area (Å²) in [5, 5.41) is 13.8. The second kappa shape index (κ2) is 16.1. The minimum atomic E-state index is -0.267. The van der Waals surface area contributed by atoms with Gasteiger partial charge in [0.15, 0.2) is 0 Å². The number of carbonyl (C=O) groups excluding carboxylic acids is 1. The second-order valence-corrected chi connectivity index (χ2v) is 12.2. The van der Waals surface area contributed by atoms with Crippen LogP contribution in [0.2, 0.25) is 0 Å². The molecule has 0 aliphatic heterocycles. The first-order chi connectivity index (χ1) is 16.5. The predicted molar refractivity (Wildman–Crippen MR) is 150 cm³/mol. The number of alkyl carbamates (subject to hydrolysis) is 1. The van der Waals surface area contributed by atoms with E-state index in [0.29, 0.717) is 18.9 Å². The van der Waals surface area contributed by atoms with Gasteiger partial charge in [-0.3, -0.25) is 0 Å². The van der Waals surface area contributed by atoms with Crippen LogP contribution in [0.5, 0.6) is 5.75 Å². The van der Waals surface area contributed by atoms with Crippen LogP contribution in [0.3, 0.4) is 0 Å². The highest BCUT2D eigenvalue weighted by Crippen LogP contribution is 2.40. The van der Waals surface area contributed by atoms with Crippen molar-refractivity contribution in [3.63, 3.8) is 0 Å². The van der Waals surface area contributed by atoms with E-state index in [-0.39, 0.29) is 16.9 Å². The molecule has 35 heavy (non-hydrogen) atoms. The molecule has 0 atom stereocenters. The van der Waals surface area contributed by atoms with E-state index in [9.17, 15) is 9.90 Å². The molecule has 1 aromatic rings. The predicted octanol–water partition coefficient (Wildman–Crippen LogP) is 8.96. The highest BCUT2D eigenvalue weighted by molar-refractivity contribution is 5.66. The summed E-state index contributed by atoms with van der Waals surface area (Å²) in [6.07, 6.45) is 14.9. The summed E-state index contributed by atoms with van der Waals surface area (Å²) in [7, 11) is 0. The SMILES string of the molecule is CCCCCCCCOC(=O)NCCCCCCCCc1cc(C(C)(C)C)c(O)c(C(C)(C)C)c1. The van der Waals surface area contributed by atoms with E-state index in [1.807, 2.05) is 0 Å². The summed E-state index contributed by atoms with van der Waals surface area (Å²) >= 11 is 0. The van der Waals surface area contributed by atoms with Crippen molar-refractivity contribution in [1.82, 2.24) is 5.32 Å². The highest BCUT2D eigenvalue weighted by atomic mass is 16.5. The van der Waals surface area contributed by atoms with Gasteiger partial charge in [-0.15, -0.1) is 0 Å². The van der Waals surface area contributed by atoms with Crippen LogP contribution < -0.4 is 5.32 Å². The zero-order valence-electron chi connectivity index (χ0n) is 24.0. The van der Waals surface area contributed by atoms with Gasteiger partial charge in [0.05, 0.1) is 6.61 Å². The lowest BCUT2D eigenvalue weighted by Gasteiger charge is -2.28. The van der Waals surface area contributed by atoms with Gasteiger partial charge in [-0.1, -0.05) is 118 Å². The molecule has 1 amide bonds. The van der Waals surface area contributed by atoms with Crippen molar-refractivity contribution in [1.29, 1.82) is 0 Å². The zero-order valence-corrected chi connectivity index (χ0v) is 24.0. The topological polar surface area (TPSA) is 58.6 Å². The maximum atomic E-state index is 11.7. The molecule has 2 N–H and O–H groups in total. The smallest absolute Gasteiger partial charge is 0.407 e. The molecular formula is C31H55NO3. The normalized spacial score (nSPS) is 12.1. The molecule has 0 spiro atoms. The summed E-state index contributed by atoms with van der Waals surface area (Å²) in [5.74, 6) is 0.466. The first-order valence-corrected chi connectivity index (χ1v) is 14.2. The minimum absolute atomic E-state index is 0.0746. The molecule has 0 bridgehead atoms. The Kier molecular flexibility index (Phi) is 14.4. The molecule has 4 nitrogen and oxygen atoms in total. The van der Waals surface area contributed by atoms with E-state index in [2.05, 4.69) is 65.9 Å². The largest absolute Gasteiger partial charge is 0.507 e. The van der Waals surface area contributed by atoms with Crippen LogP contribution in [-0.2, 0) is 22.0 Å². The van der Waals surface area contributed by atoms with Crippen molar-refractivity contribution in [2.75, 3.05) is 13.2 Å². The quantitative estimate of drug-likeness (QED) is 0.228. The first kappa shape index (κ1) is 31.3. The second-order valence-electron chi connectivity index (χ2n) is 12.2. The molecular weight excluding hydrogens is 434 g/mol. The lowest BCUT2D eigenvalue weighted by molar-refractivity contribution is 0.143. The van der Waals surface area contributed by atoms with Gasteiger partial charge in [0.2, 0.25) is 0 Å². The Labute approximate surface area is 216 Å². The van der Waals surface area contributed by atoms with Crippen LogP contribution in [0.25, 0.3) is 0 Å². The van der Waals surface area contributed by atoms with Gasteiger partial charge in [0.25, 0.3) is 0 Å². The first-order valence-electron chi connectivity index (χ1n) is 14.2. The Morgan fingerprint density at radius 1 is 0.771 bits per heavy atom. The minimum Gasteiger partial charge on any atom is -0.507 e. The van der Waals surface area contributed by atoms with E-state index in [1.165, 1.54) is 56.9 Å². The zero-order chi connectivity index (χ0) is 26.3. The number of hydrogen-bond acceptors (Lipinski definition) is 3. The summed E-state index contributed by atoms with van der Waals surface area (Å²) in [5.41, 5.74) is 3.29. The van der Waals surface area contributed by atoms with Gasteiger partial charge in [-0.25, -0.2) is 4.79 Å². The number of phenols is 1. The molecule has 0 aliphatic carbocycles. The van der Waals surface area contributed by atoms with Gasteiger partial charge >= 0.3 is 6.09 Å². The van der Waals surface area contributed by atoms with Gasteiger partial charge < -0.3 is 15.2 Å². The van der Waals surface area contributed by atoms with E-state index in [0.717, 1.165) is 43.2 Å². The molecule has 1 rings (SSSR count). The van der Waals surface area contributed by atoms with Crippen molar-refractivity contribution in [2.24, 2.45) is 0 Å². The van der Waals surface area contributed by atoms with Gasteiger partial charge in [-0.2, -0.15) is 0 Å². The molecule has 0 aliphatic rings. The molecule has 202 valence electrons. The Hall–Kier alpha value is -1.71. The number of ether oxygens (including phenoxy) is 1. The third-order valence-corrected chi connectivity index (χ3v) is 6.68. The molecule has 0 radical (unpaired) electrons. The van der Waals surface area contributed by atoms with Crippen LogP contribution in [0.15, 0.2) is 12.1 Å². The van der Waals surface area contributed by atoms with Crippen molar-refractivity contribution >= 4 is 6.09 Å². The van der Waals surface area contributed by atoms with Gasteiger partial charge in [0, 0.05) is 6.54 Å². The molecule has 0 heterocycles. The average molecular weight is 490 g/mol. The fraction of sp³-hybridized carbons (Fsp3) is 0.774. The van der Waals surface area contributed by atoms with Crippen molar-refractivity contribution in [2.45, 2.75) is 143 Å². The maximum absolute atomic E-state index is 11.7. The Morgan fingerprint density at radius 2 is 1.26 bits per heavy atom. The number of rotatable bonds is 16. The Morgan fingerprint density at radius 3 is 1.80 bits per heavy atom. The number of hydrogen-bond donors (Lipinski definition) is 2. The van der Waals surface area contributed by atoms with Crippen LogP contribution in [0.4, 0.5) is 4.79 Å². The lowest BCUT2D eigenvalue weighted by Crippen LogP contribution is -2.25. The van der Waals surface area contributed by atoms with Crippen molar-refractivity contribution in [3.05, 3.63) is 28.8 Å². The summed E-state index contributed by atoms with van der Waals surface area (Å²) in [4.78, 5) is 11.7. The number of carbonyl (C=O) groups is 1. The van der Waals surface area contributed by atoms with E-state index < -0.39 is 0 Å². The fourth-order valence-corrected chi connectivity index (χ4v) is 4.43. The summed E-state index contributed by atoms with van der Waals surface area (Å²) in [6.45, 7) is 16.5. The summed E-state index contributed by atoms with van der Waals surface area (Å²) in [6, 6.07) is 4.42. The monoisotopic (exact) mass is 489 g/mol. The van der Waals surface area contributed by atoms with Crippen molar-refractivity contribution in [3.8, 4) is 5.75 Å². The highest BCUT2D eigenvalue weighted by Gasteiger charge is 2.26. The van der Waals surface area contributed by atoms with Crippen LogP contribution in [0.1, 0.15) is 142 Å². The molecule has 1 aromatic carbocycles. The third kappa shape index (κ3) is 13.2. The van der Waals surface area contributed by atoms with Crippen molar-refractivity contribution < 1.29 is 14.6 Å². The number of aryl methyl sites for hydroxylation is 1. The lowest BCUT2D eigenvalue weighted by atomic mass is 9.78. The molecule has 0 unspecified atom stereocenters. The summed E-state index contributed by atoms with van der Waals surface area (Å²) < 4.78 is 5.25. The molecule has 0 fully saturated rings. The number of aromatic hydroxyl groups is 1. The Balaban J connectivity index is 2.20. The fourth-order valence-electron chi connectivity index (χ4n) is 4.43. The standard InChI is InChI=1S/C31H55NO3/c1-8-9-10-11-16-19-22-35-29(34)32-21-18-15-13-12-14-17-20-25-23-26(30(2,3)4)28(33)27(24-25)31(5,6)7/h23-24,33H,8-22H2,1-7H3,(H,32,34). The molecule has 0 saturated heterocycles. The van der Waals surface area contributed by atoms with E-state index >= 15 is 0 Å². The number of benzene rings is 1. The van der Waals surface area contributed by atoms with E-state index in [4.69, 9.17) is 4.74 Å². The van der Waals surface area contributed by atoms with E-state index in [1.54, 1.807) is 0 Å².